The van der Waals surface area contributed by atoms with Crippen LogP contribution in [0.25, 0.3) is 0 Å². The van der Waals surface area contributed by atoms with Gasteiger partial charge in [-0.25, -0.2) is 4.79 Å². The summed E-state index contributed by atoms with van der Waals surface area (Å²) in [6.45, 7) is 9.04. The Hall–Kier alpha value is -0.730. The van der Waals surface area contributed by atoms with Crippen LogP contribution in [0, 0.1) is 0 Å². The van der Waals surface area contributed by atoms with E-state index < -0.39 is 0 Å². The maximum Gasteiger partial charge on any atom is 0.409 e. The summed E-state index contributed by atoms with van der Waals surface area (Å²) in [5, 5.41) is 0. The number of rotatable bonds is 21. The van der Waals surface area contributed by atoms with E-state index in [2.05, 4.69) is 20.8 Å². The molecule has 168 valence electrons. The maximum atomic E-state index is 12.4. The highest BCUT2D eigenvalue weighted by atomic mass is 16.6. The van der Waals surface area contributed by atoms with Gasteiger partial charge in [0.15, 0.2) is 0 Å². The second-order valence-electron chi connectivity index (χ2n) is 8.40. The molecule has 0 aromatic carbocycles. The number of carbonyl (C=O) groups is 1. The second kappa shape index (κ2) is 22.6. The summed E-state index contributed by atoms with van der Waals surface area (Å²) >= 11 is 0. The molecule has 0 saturated heterocycles. The van der Waals surface area contributed by atoms with Crippen LogP contribution in [0.15, 0.2) is 0 Å². The number of hydrogen-bond donors (Lipinski definition) is 0. The molecular formula is C25H51NO2. The molecule has 0 aromatic heterocycles. The van der Waals surface area contributed by atoms with Gasteiger partial charge < -0.3 is 9.64 Å². The molecule has 0 fully saturated rings. The van der Waals surface area contributed by atoms with E-state index in [9.17, 15) is 4.79 Å². The molecule has 0 aromatic rings. The van der Waals surface area contributed by atoms with E-state index in [0.717, 1.165) is 32.4 Å². The van der Waals surface area contributed by atoms with Crippen molar-refractivity contribution in [1.29, 1.82) is 0 Å². The Kier molecular flexibility index (Phi) is 22.0. The summed E-state index contributed by atoms with van der Waals surface area (Å²) in [6.07, 6.45) is 22.7. The van der Waals surface area contributed by atoms with Crippen molar-refractivity contribution in [3.05, 3.63) is 0 Å². The molecule has 0 heterocycles. The normalized spacial score (nSPS) is 11.0. The van der Waals surface area contributed by atoms with Gasteiger partial charge >= 0.3 is 6.09 Å². The third-order valence-corrected chi connectivity index (χ3v) is 5.54. The first kappa shape index (κ1) is 27.3. The summed E-state index contributed by atoms with van der Waals surface area (Å²) in [5.74, 6) is 0. The van der Waals surface area contributed by atoms with E-state index in [1.54, 1.807) is 0 Å². The van der Waals surface area contributed by atoms with Gasteiger partial charge in [0.05, 0.1) is 6.61 Å². The average Bonchev–Trinajstić information content (AvgIpc) is 2.70. The quantitative estimate of drug-likeness (QED) is 0.182. The molecule has 0 unspecified atom stereocenters. The molecule has 3 nitrogen and oxygen atoms in total. The molecule has 0 saturated carbocycles. The number of carbonyl (C=O) groups excluding carboxylic acids is 1. The van der Waals surface area contributed by atoms with Gasteiger partial charge in [0, 0.05) is 13.1 Å². The van der Waals surface area contributed by atoms with Gasteiger partial charge in [-0.3, -0.25) is 0 Å². The first-order valence-corrected chi connectivity index (χ1v) is 12.7. The standard InChI is InChI=1S/C25H51NO2/c1-4-7-10-13-14-15-16-17-18-21-24-28-25(27)26(22-19-11-8-5-2)23-20-12-9-6-3/h4-24H2,1-3H3. The Morgan fingerprint density at radius 2 is 0.893 bits per heavy atom. The van der Waals surface area contributed by atoms with Crippen LogP contribution in [-0.4, -0.2) is 30.7 Å². The van der Waals surface area contributed by atoms with Crippen LogP contribution < -0.4 is 0 Å². The lowest BCUT2D eigenvalue weighted by Gasteiger charge is -2.22. The second-order valence-corrected chi connectivity index (χ2v) is 8.40. The third kappa shape index (κ3) is 18.6. The van der Waals surface area contributed by atoms with E-state index in [0.29, 0.717) is 6.61 Å². The summed E-state index contributed by atoms with van der Waals surface area (Å²) < 4.78 is 5.58. The monoisotopic (exact) mass is 397 g/mol. The van der Waals surface area contributed by atoms with Gasteiger partial charge in [0.25, 0.3) is 0 Å². The Balaban J connectivity index is 3.77. The highest BCUT2D eigenvalue weighted by Gasteiger charge is 2.14. The average molecular weight is 398 g/mol. The van der Waals surface area contributed by atoms with Crippen LogP contribution in [0.1, 0.15) is 136 Å². The Bertz CT molecular complexity index is 308. The minimum Gasteiger partial charge on any atom is -0.449 e. The summed E-state index contributed by atoms with van der Waals surface area (Å²) in [7, 11) is 0. The third-order valence-electron chi connectivity index (χ3n) is 5.54. The smallest absolute Gasteiger partial charge is 0.409 e. The van der Waals surface area contributed by atoms with E-state index >= 15 is 0 Å². The zero-order chi connectivity index (χ0) is 20.7. The van der Waals surface area contributed by atoms with Crippen LogP contribution in [-0.2, 0) is 4.74 Å². The molecule has 28 heavy (non-hydrogen) atoms. The van der Waals surface area contributed by atoms with E-state index in [4.69, 9.17) is 4.74 Å². The van der Waals surface area contributed by atoms with Crippen molar-refractivity contribution in [2.75, 3.05) is 19.7 Å². The van der Waals surface area contributed by atoms with E-state index in [1.807, 2.05) is 4.90 Å². The summed E-state index contributed by atoms with van der Waals surface area (Å²) in [4.78, 5) is 14.4. The molecular weight excluding hydrogens is 346 g/mol. The molecule has 0 atom stereocenters. The van der Waals surface area contributed by atoms with Crippen molar-refractivity contribution < 1.29 is 9.53 Å². The lowest BCUT2D eigenvalue weighted by Crippen LogP contribution is -2.33. The van der Waals surface area contributed by atoms with Crippen molar-refractivity contribution in [3.63, 3.8) is 0 Å². The molecule has 0 aliphatic carbocycles. The van der Waals surface area contributed by atoms with Crippen molar-refractivity contribution in [2.45, 2.75) is 136 Å². The minimum absolute atomic E-state index is 0.0797. The van der Waals surface area contributed by atoms with Crippen molar-refractivity contribution >= 4 is 6.09 Å². The summed E-state index contributed by atoms with van der Waals surface area (Å²) in [5.41, 5.74) is 0. The van der Waals surface area contributed by atoms with Crippen LogP contribution in [0.2, 0.25) is 0 Å². The zero-order valence-corrected chi connectivity index (χ0v) is 19.6. The largest absolute Gasteiger partial charge is 0.449 e. The van der Waals surface area contributed by atoms with Crippen molar-refractivity contribution in [3.8, 4) is 0 Å². The fourth-order valence-corrected chi connectivity index (χ4v) is 3.59. The first-order chi connectivity index (χ1) is 13.8. The number of nitrogens with zero attached hydrogens (tertiary/aromatic N) is 1. The summed E-state index contributed by atoms with van der Waals surface area (Å²) in [6, 6.07) is 0. The topological polar surface area (TPSA) is 29.5 Å². The predicted octanol–water partition coefficient (Wildman–Crippen LogP) is 8.51. The Labute approximate surface area is 177 Å². The van der Waals surface area contributed by atoms with Crippen LogP contribution in [0.4, 0.5) is 4.79 Å². The van der Waals surface area contributed by atoms with Crippen molar-refractivity contribution in [2.24, 2.45) is 0 Å². The fourth-order valence-electron chi connectivity index (χ4n) is 3.59. The number of ether oxygens (including phenoxy) is 1. The van der Waals surface area contributed by atoms with Gasteiger partial charge in [-0.2, -0.15) is 0 Å². The SMILES string of the molecule is CCCCCCCCCCCCOC(=O)N(CCCCCC)CCCCCC. The molecule has 0 N–H and O–H groups in total. The highest BCUT2D eigenvalue weighted by molar-refractivity contribution is 5.67. The van der Waals surface area contributed by atoms with Crippen molar-refractivity contribution in [1.82, 2.24) is 4.90 Å². The van der Waals surface area contributed by atoms with Crippen LogP contribution >= 0.6 is 0 Å². The molecule has 0 aliphatic rings. The van der Waals surface area contributed by atoms with Gasteiger partial charge in [-0.1, -0.05) is 117 Å². The van der Waals surface area contributed by atoms with E-state index in [-0.39, 0.29) is 6.09 Å². The van der Waals surface area contributed by atoms with E-state index in [1.165, 1.54) is 96.3 Å². The molecule has 0 rings (SSSR count). The van der Waals surface area contributed by atoms with Gasteiger partial charge in [0.2, 0.25) is 0 Å². The van der Waals surface area contributed by atoms with Crippen LogP contribution in [0.5, 0.6) is 0 Å². The molecule has 0 aliphatic heterocycles. The molecule has 3 heteroatoms. The lowest BCUT2D eigenvalue weighted by atomic mass is 10.1. The lowest BCUT2D eigenvalue weighted by molar-refractivity contribution is 0.0990. The number of hydrogen-bond acceptors (Lipinski definition) is 2. The fraction of sp³-hybridized carbons (Fsp3) is 0.960. The molecule has 0 bridgehead atoms. The Morgan fingerprint density at radius 1 is 0.536 bits per heavy atom. The van der Waals surface area contributed by atoms with Crippen LogP contribution in [0.3, 0.4) is 0 Å². The number of amides is 1. The minimum atomic E-state index is -0.0797. The van der Waals surface area contributed by atoms with Gasteiger partial charge in [-0.05, 0) is 19.3 Å². The van der Waals surface area contributed by atoms with Gasteiger partial charge in [-0.15, -0.1) is 0 Å². The van der Waals surface area contributed by atoms with Gasteiger partial charge in [0.1, 0.15) is 0 Å². The number of unbranched alkanes of at least 4 members (excludes halogenated alkanes) is 15. The Morgan fingerprint density at radius 3 is 1.32 bits per heavy atom. The first-order valence-electron chi connectivity index (χ1n) is 12.7. The zero-order valence-electron chi connectivity index (χ0n) is 19.6. The molecule has 1 amide bonds. The molecule has 0 spiro atoms. The predicted molar refractivity (Wildman–Crippen MR) is 123 cm³/mol. The maximum absolute atomic E-state index is 12.4. The highest BCUT2D eigenvalue weighted by Crippen LogP contribution is 2.11. The molecule has 0 radical (unpaired) electrons.